The zero-order chi connectivity index (χ0) is 13.8. The van der Waals surface area contributed by atoms with Crippen LogP contribution in [-0.4, -0.2) is 29.8 Å². The van der Waals surface area contributed by atoms with Crippen molar-refractivity contribution >= 4 is 5.91 Å². The molecule has 4 nitrogen and oxygen atoms in total. The standard InChI is InChI=1S/C15H21NO3/c1-10-4-3-5-14(11(10)2)19-7-6-15(18)16-12-8-13(17)9-12/h3-5,12-13,17H,6-9H2,1-2H3,(H,16,18). The molecular weight excluding hydrogens is 242 g/mol. The maximum absolute atomic E-state index is 11.6. The minimum atomic E-state index is -0.239. The zero-order valence-corrected chi connectivity index (χ0v) is 11.5. The summed E-state index contributed by atoms with van der Waals surface area (Å²) in [5.41, 5.74) is 2.30. The van der Waals surface area contributed by atoms with Gasteiger partial charge >= 0.3 is 0 Å². The molecule has 104 valence electrons. The summed E-state index contributed by atoms with van der Waals surface area (Å²) in [6.45, 7) is 4.43. The van der Waals surface area contributed by atoms with Crippen LogP contribution in [0.4, 0.5) is 0 Å². The van der Waals surface area contributed by atoms with E-state index >= 15 is 0 Å². The SMILES string of the molecule is Cc1cccc(OCCC(=O)NC2CC(O)C2)c1C. The molecule has 0 atom stereocenters. The fourth-order valence-corrected chi connectivity index (χ4v) is 2.14. The molecule has 1 saturated carbocycles. The summed E-state index contributed by atoms with van der Waals surface area (Å²) in [7, 11) is 0. The van der Waals surface area contributed by atoms with Crippen LogP contribution in [-0.2, 0) is 4.79 Å². The fraction of sp³-hybridized carbons (Fsp3) is 0.533. The maximum atomic E-state index is 11.6. The largest absolute Gasteiger partial charge is 0.493 e. The Hall–Kier alpha value is -1.55. The highest BCUT2D eigenvalue weighted by Crippen LogP contribution is 2.21. The van der Waals surface area contributed by atoms with Crippen LogP contribution in [0.15, 0.2) is 18.2 Å². The van der Waals surface area contributed by atoms with Crippen LogP contribution in [0.3, 0.4) is 0 Å². The summed E-state index contributed by atoms with van der Waals surface area (Å²) in [4.78, 5) is 11.6. The van der Waals surface area contributed by atoms with Crippen LogP contribution in [0.1, 0.15) is 30.4 Å². The van der Waals surface area contributed by atoms with E-state index in [-0.39, 0.29) is 18.1 Å². The van der Waals surface area contributed by atoms with Gasteiger partial charge in [0.15, 0.2) is 0 Å². The number of hydrogen-bond acceptors (Lipinski definition) is 3. The van der Waals surface area contributed by atoms with Gasteiger partial charge in [-0.05, 0) is 43.9 Å². The lowest BCUT2D eigenvalue weighted by atomic mass is 9.89. The number of benzene rings is 1. The van der Waals surface area contributed by atoms with Crippen molar-refractivity contribution in [3.05, 3.63) is 29.3 Å². The number of carbonyl (C=O) groups excluding carboxylic acids is 1. The van der Waals surface area contributed by atoms with Gasteiger partial charge in [0, 0.05) is 6.04 Å². The minimum Gasteiger partial charge on any atom is -0.493 e. The van der Waals surface area contributed by atoms with E-state index < -0.39 is 0 Å². The van der Waals surface area contributed by atoms with E-state index in [2.05, 4.69) is 5.32 Å². The Labute approximate surface area is 113 Å². The van der Waals surface area contributed by atoms with Crippen LogP contribution in [0.2, 0.25) is 0 Å². The zero-order valence-electron chi connectivity index (χ0n) is 11.5. The predicted octanol–water partition coefficient (Wildman–Crippen LogP) is 1.71. The number of aliphatic hydroxyl groups excluding tert-OH is 1. The fourth-order valence-electron chi connectivity index (χ4n) is 2.14. The number of nitrogens with one attached hydrogen (secondary N) is 1. The van der Waals surface area contributed by atoms with Crippen molar-refractivity contribution in [1.29, 1.82) is 0 Å². The molecule has 2 N–H and O–H groups in total. The lowest BCUT2D eigenvalue weighted by molar-refractivity contribution is -0.123. The van der Waals surface area contributed by atoms with E-state index in [1.54, 1.807) is 0 Å². The Morgan fingerprint density at radius 2 is 2.16 bits per heavy atom. The third-order valence-corrected chi connectivity index (χ3v) is 3.62. The van der Waals surface area contributed by atoms with Crippen molar-refractivity contribution in [3.8, 4) is 5.75 Å². The van der Waals surface area contributed by atoms with E-state index in [9.17, 15) is 4.79 Å². The molecule has 19 heavy (non-hydrogen) atoms. The summed E-state index contributed by atoms with van der Waals surface area (Å²) in [5, 5.41) is 12.0. The van der Waals surface area contributed by atoms with Gasteiger partial charge in [-0.3, -0.25) is 4.79 Å². The number of ether oxygens (including phenoxy) is 1. The van der Waals surface area contributed by atoms with E-state index in [1.807, 2.05) is 32.0 Å². The molecule has 1 aromatic rings. The molecule has 2 rings (SSSR count). The van der Waals surface area contributed by atoms with E-state index in [0.29, 0.717) is 25.9 Å². The molecule has 1 aliphatic carbocycles. The predicted molar refractivity (Wildman–Crippen MR) is 73.2 cm³/mol. The van der Waals surface area contributed by atoms with Crippen molar-refractivity contribution in [2.45, 2.75) is 45.3 Å². The van der Waals surface area contributed by atoms with Crippen LogP contribution >= 0.6 is 0 Å². The Morgan fingerprint density at radius 1 is 1.42 bits per heavy atom. The highest BCUT2D eigenvalue weighted by atomic mass is 16.5. The molecule has 1 amide bonds. The van der Waals surface area contributed by atoms with Gasteiger partial charge in [0.2, 0.25) is 5.91 Å². The number of hydrogen-bond donors (Lipinski definition) is 2. The Morgan fingerprint density at radius 3 is 2.84 bits per heavy atom. The normalized spacial score (nSPS) is 21.6. The number of rotatable bonds is 5. The second-order valence-corrected chi connectivity index (χ2v) is 5.19. The van der Waals surface area contributed by atoms with Crippen molar-refractivity contribution in [3.63, 3.8) is 0 Å². The number of aryl methyl sites for hydroxylation is 1. The summed E-state index contributed by atoms with van der Waals surface area (Å²) in [6, 6.07) is 6.05. The lowest BCUT2D eigenvalue weighted by Gasteiger charge is -2.31. The van der Waals surface area contributed by atoms with Crippen molar-refractivity contribution in [1.82, 2.24) is 5.32 Å². The molecule has 0 aromatic heterocycles. The van der Waals surface area contributed by atoms with Crippen LogP contribution in [0, 0.1) is 13.8 Å². The minimum absolute atomic E-state index is 0.0118. The number of amides is 1. The molecule has 4 heteroatoms. The van der Waals surface area contributed by atoms with Gasteiger partial charge in [0.25, 0.3) is 0 Å². The van der Waals surface area contributed by atoms with Crippen LogP contribution in [0.5, 0.6) is 5.75 Å². The van der Waals surface area contributed by atoms with Gasteiger partial charge in [-0.15, -0.1) is 0 Å². The van der Waals surface area contributed by atoms with E-state index in [0.717, 1.165) is 11.3 Å². The highest BCUT2D eigenvalue weighted by Gasteiger charge is 2.28. The molecule has 0 heterocycles. The quantitative estimate of drug-likeness (QED) is 0.850. The van der Waals surface area contributed by atoms with Gasteiger partial charge in [-0.1, -0.05) is 12.1 Å². The molecule has 0 radical (unpaired) electrons. The Bertz CT molecular complexity index is 453. The molecule has 0 unspecified atom stereocenters. The molecule has 0 bridgehead atoms. The van der Waals surface area contributed by atoms with E-state index in [1.165, 1.54) is 5.56 Å². The first-order valence-electron chi connectivity index (χ1n) is 6.72. The number of aliphatic hydroxyl groups is 1. The van der Waals surface area contributed by atoms with Crippen LogP contribution < -0.4 is 10.1 Å². The molecule has 0 spiro atoms. The maximum Gasteiger partial charge on any atom is 0.223 e. The first kappa shape index (κ1) is 13.9. The molecule has 1 aliphatic rings. The Balaban J connectivity index is 1.71. The van der Waals surface area contributed by atoms with Crippen molar-refractivity contribution in [2.24, 2.45) is 0 Å². The Kier molecular flexibility index (Phi) is 4.43. The topological polar surface area (TPSA) is 58.6 Å². The molecule has 1 aromatic carbocycles. The highest BCUT2D eigenvalue weighted by molar-refractivity contribution is 5.76. The van der Waals surface area contributed by atoms with Crippen molar-refractivity contribution < 1.29 is 14.6 Å². The second kappa shape index (κ2) is 6.06. The molecule has 1 fully saturated rings. The number of carbonyl (C=O) groups is 1. The molecule has 0 saturated heterocycles. The summed E-state index contributed by atoms with van der Waals surface area (Å²) in [6.07, 6.45) is 1.45. The van der Waals surface area contributed by atoms with Gasteiger partial charge in [-0.25, -0.2) is 0 Å². The van der Waals surface area contributed by atoms with Gasteiger partial charge in [0.1, 0.15) is 5.75 Å². The third kappa shape index (κ3) is 3.70. The summed E-state index contributed by atoms with van der Waals surface area (Å²) < 4.78 is 5.63. The lowest BCUT2D eigenvalue weighted by Crippen LogP contribution is -2.46. The summed E-state index contributed by atoms with van der Waals surface area (Å²) >= 11 is 0. The van der Waals surface area contributed by atoms with Gasteiger partial charge in [0.05, 0.1) is 19.1 Å². The summed E-state index contributed by atoms with van der Waals surface area (Å²) in [5.74, 6) is 0.828. The smallest absolute Gasteiger partial charge is 0.223 e. The average molecular weight is 263 g/mol. The second-order valence-electron chi connectivity index (χ2n) is 5.19. The average Bonchev–Trinajstić information content (AvgIpc) is 2.33. The van der Waals surface area contributed by atoms with Gasteiger partial charge < -0.3 is 15.2 Å². The monoisotopic (exact) mass is 263 g/mol. The third-order valence-electron chi connectivity index (χ3n) is 3.62. The van der Waals surface area contributed by atoms with Crippen molar-refractivity contribution in [2.75, 3.05) is 6.61 Å². The van der Waals surface area contributed by atoms with Crippen LogP contribution in [0.25, 0.3) is 0 Å². The first-order valence-corrected chi connectivity index (χ1v) is 6.72. The molecular formula is C15H21NO3. The first-order chi connectivity index (χ1) is 9.06. The van der Waals surface area contributed by atoms with Gasteiger partial charge in [-0.2, -0.15) is 0 Å². The molecule has 0 aliphatic heterocycles. The van der Waals surface area contributed by atoms with E-state index in [4.69, 9.17) is 9.84 Å².